The zero-order chi connectivity index (χ0) is 20.2. The molecule has 1 fully saturated rings. The van der Waals surface area contributed by atoms with Crippen LogP contribution in [0.15, 0.2) is 43.0 Å². The van der Waals surface area contributed by atoms with Gasteiger partial charge in [-0.25, -0.2) is 24.3 Å². The van der Waals surface area contributed by atoms with Crippen molar-refractivity contribution in [2.75, 3.05) is 43.1 Å². The van der Waals surface area contributed by atoms with E-state index in [0.717, 1.165) is 0 Å². The van der Waals surface area contributed by atoms with Crippen molar-refractivity contribution < 1.29 is 9.13 Å². The molecule has 0 saturated carbocycles. The molecule has 0 spiro atoms. The molecule has 1 aromatic carbocycles. The van der Waals surface area contributed by atoms with Crippen molar-refractivity contribution in [1.82, 2.24) is 19.9 Å². The maximum Gasteiger partial charge on any atom is 0.191 e. The molecule has 4 rings (SSSR count). The predicted octanol–water partition coefficient (Wildman–Crippen LogP) is 2.28. The van der Waals surface area contributed by atoms with Crippen molar-refractivity contribution in [2.24, 2.45) is 0 Å². The Hall–Kier alpha value is -3.80. The van der Waals surface area contributed by atoms with Gasteiger partial charge in [-0.05, 0) is 24.3 Å². The van der Waals surface area contributed by atoms with Crippen molar-refractivity contribution in [3.63, 3.8) is 0 Å². The smallest absolute Gasteiger partial charge is 0.191 e. The molecule has 3 heterocycles. The van der Waals surface area contributed by atoms with Gasteiger partial charge in [0.2, 0.25) is 0 Å². The first-order valence-electron chi connectivity index (χ1n) is 9.07. The molecule has 3 aromatic rings. The zero-order valence-electron chi connectivity index (χ0n) is 15.8. The van der Waals surface area contributed by atoms with E-state index in [0.29, 0.717) is 43.3 Å². The summed E-state index contributed by atoms with van der Waals surface area (Å²) < 4.78 is 20.3. The van der Waals surface area contributed by atoms with Crippen molar-refractivity contribution in [3.05, 3.63) is 54.5 Å². The summed E-state index contributed by atoms with van der Waals surface area (Å²) in [5.74, 6) is 1.06. The lowest BCUT2D eigenvalue weighted by atomic mass is 10.1. The number of hydrogen-bond acceptors (Lipinski definition) is 8. The number of piperazine rings is 1. The standard InChI is InChI=1S/C20H18FN7O/c1-29-15-4-2-14(3-5-15)18-17(21)20(26-13-25-18)28-10-8-27(9-11-28)19-16(12-22)23-6-7-24-19/h2-7,13H,8-11H2,1H3. The number of halogens is 1. The van der Waals surface area contributed by atoms with Crippen molar-refractivity contribution >= 4 is 11.6 Å². The largest absolute Gasteiger partial charge is 0.497 e. The minimum Gasteiger partial charge on any atom is -0.497 e. The second-order valence-corrected chi connectivity index (χ2v) is 6.40. The molecule has 146 valence electrons. The Balaban J connectivity index is 1.54. The van der Waals surface area contributed by atoms with E-state index in [9.17, 15) is 5.26 Å². The lowest BCUT2D eigenvalue weighted by molar-refractivity contribution is 0.415. The summed E-state index contributed by atoms with van der Waals surface area (Å²) in [7, 11) is 1.58. The first kappa shape index (κ1) is 18.6. The van der Waals surface area contributed by atoms with Crippen LogP contribution in [-0.4, -0.2) is 53.2 Å². The normalized spacial score (nSPS) is 13.8. The van der Waals surface area contributed by atoms with Crippen LogP contribution in [0.3, 0.4) is 0 Å². The maximum atomic E-state index is 15.2. The van der Waals surface area contributed by atoms with Gasteiger partial charge in [0.15, 0.2) is 23.1 Å². The van der Waals surface area contributed by atoms with Gasteiger partial charge in [-0.15, -0.1) is 0 Å². The monoisotopic (exact) mass is 391 g/mol. The van der Waals surface area contributed by atoms with E-state index in [1.807, 2.05) is 9.80 Å². The average molecular weight is 391 g/mol. The van der Waals surface area contributed by atoms with E-state index < -0.39 is 5.82 Å². The Labute approximate surface area is 167 Å². The highest BCUT2D eigenvalue weighted by atomic mass is 19.1. The molecule has 29 heavy (non-hydrogen) atoms. The predicted molar refractivity (Wildman–Crippen MR) is 105 cm³/mol. The maximum absolute atomic E-state index is 15.2. The summed E-state index contributed by atoms with van der Waals surface area (Å²) in [6, 6.07) is 9.13. The van der Waals surface area contributed by atoms with Crippen molar-refractivity contribution in [2.45, 2.75) is 0 Å². The van der Waals surface area contributed by atoms with Crippen LogP contribution < -0.4 is 14.5 Å². The molecule has 2 aromatic heterocycles. The highest BCUT2D eigenvalue weighted by Crippen LogP contribution is 2.28. The highest BCUT2D eigenvalue weighted by molar-refractivity contribution is 5.65. The fourth-order valence-corrected chi connectivity index (χ4v) is 3.30. The van der Waals surface area contributed by atoms with Gasteiger partial charge in [0.1, 0.15) is 23.8 Å². The summed E-state index contributed by atoms with van der Waals surface area (Å²) in [5, 5.41) is 9.22. The van der Waals surface area contributed by atoms with Crippen LogP contribution in [-0.2, 0) is 0 Å². The summed E-state index contributed by atoms with van der Waals surface area (Å²) in [6.45, 7) is 2.23. The molecular formula is C20H18FN7O. The Morgan fingerprint density at radius 2 is 1.59 bits per heavy atom. The third-order valence-electron chi connectivity index (χ3n) is 4.80. The summed E-state index contributed by atoms with van der Waals surface area (Å²) in [6.07, 6.45) is 4.43. The molecule has 0 atom stereocenters. The fraction of sp³-hybridized carbons (Fsp3) is 0.250. The minimum atomic E-state index is -0.455. The second kappa shape index (κ2) is 8.06. The van der Waals surface area contributed by atoms with Crippen LogP contribution in [0.2, 0.25) is 0 Å². The molecule has 0 radical (unpaired) electrons. The number of methoxy groups -OCH3 is 1. The van der Waals surface area contributed by atoms with E-state index >= 15 is 4.39 Å². The number of anilines is 2. The molecule has 0 unspecified atom stereocenters. The molecule has 0 bridgehead atoms. The third-order valence-corrected chi connectivity index (χ3v) is 4.80. The van der Waals surface area contributed by atoms with Gasteiger partial charge in [0.05, 0.1) is 7.11 Å². The molecule has 0 amide bonds. The zero-order valence-corrected chi connectivity index (χ0v) is 15.8. The minimum absolute atomic E-state index is 0.251. The summed E-state index contributed by atoms with van der Waals surface area (Å²) in [5.41, 5.74) is 1.19. The van der Waals surface area contributed by atoms with Crippen LogP contribution in [0.4, 0.5) is 16.0 Å². The van der Waals surface area contributed by atoms with Crippen LogP contribution in [0, 0.1) is 17.1 Å². The topological polar surface area (TPSA) is 91.1 Å². The van der Waals surface area contributed by atoms with Crippen LogP contribution in [0.1, 0.15) is 5.69 Å². The second-order valence-electron chi connectivity index (χ2n) is 6.40. The Morgan fingerprint density at radius 1 is 0.931 bits per heavy atom. The van der Waals surface area contributed by atoms with E-state index in [4.69, 9.17) is 4.74 Å². The molecule has 1 aliphatic heterocycles. The Kier molecular flexibility index (Phi) is 5.16. The van der Waals surface area contributed by atoms with Gasteiger partial charge >= 0.3 is 0 Å². The van der Waals surface area contributed by atoms with Crippen molar-refractivity contribution in [3.8, 4) is 23.1 Å². The molecule has 0 aliphatic carbocycles. The van der Waals surface area contributed by atoms with E-state index in [1.54, 1.807) is 37.6 Å². The van der Waals surface area contributed by atoms with Gasteiger partial charge < -0.3 is 14.5 Å². The van der Waals surface area contributed by atoms with E-state index in [-0.39, 0.29) is 17.2 Å². The fourth-order valence-electron chi connectivity index (χ4n) is 3.30. The first-order valence-corrected chi connectivity index (χ1v) is 9.07. The Morgan fingerprint density at radius 3 is 2.24 bits per heavy atom. The van der Waals surface area contributed by atoms with Crippen LogP contribution in [0.25, 0.3) is 11.3 Å². The SMILES string of the molecule is COc1ccc(-c2ncnc(N3CCN(c4nccnc4C#N)CC3)c2F)cc1. The van der Waals surface area contributed by atoms with Crippen LogP contribution >= 0.6 is 0 Å². The highest BCUT2D eigenvalue weighted by Gasteiger charge is 2.25. The quantitative estimate of drug-likeness (QED) is 0.669. The van der Waals surface area contributed by atoms with Gasteiger partial charge in [-0.3, -0.25) is 0 Å². The average Bonchev–Trinajstić information content (AvgIpc) is 2.79. The lowest BCUT2D eigenvalue weighted by Crippen LogP contribution is -2.47. The number of ether oxygens (including phenoxy) is 1. The summed E-state index contributed by atoms with van der Waals surface area (Å²) in [4.78, 5) is 20.5. The van der Waals surface area contributed by atoms with Gasteiger partial charge in [0, 0.05) is 44.1 Å². The number of hydrogen-bond donors (Lipinski definition) is 0. The van der Waals surface area contributed by atoms with Crippen molar-refractivity contribution in [1.29, 1.82) is 5.26 Å². The van der Waals surface area contributed by atoms with Gasteiger partial charge in [-0.2, -0.15) is 5.26 Å². The summed E-state index contributed by atoms with van der Waals surface area (Å²) >= 11 is 0. The van der Waals surface area contributed by atoms with E-state index in [1.165, 1.54) is 12.5 Å². The number of rotatable bonds is 4. The molecule has 9 heteroatoms. The number of nitriles is 1. The first-order chi connectivity index (χ1) is 14.2. The molecule has 1 saturated heterocycles. The molecule has 1 aliphatic rings. The molecule has 0 N–H and O–H groups in total. The van der Waals surface area contributed by atoms with Gasteiger partial charge in [0.25, 0.3) is 0 Å². The number of benzene rings is 1. The number of aromatic nitrogens is 4. The molecular weight excluding hydrogens is 373 g/mol. The van der Waals surface area contributed by atoms with Gasteiger partial charge in [-0.1, -0.05) is 0 Å². The number of nitrogens with zero attached hydrogens (tertiary/aromatic N) is 7. The van der Waals surface area contributed by atoms with E-state index in [2.05, 4.69) is 26.0 Å². The Bertz CT molecular complexity index is 1040. The molecule has 8 nitrogen and oxygen atoms in total. The third kappa shape index (κ3) is 3.65. The van der Waals surface area contributed by atoms with Crippen LogP contribution in [0.5, 0.6) is 5.75 Å². The lowest BCUT2D eigenvalue weighted by Gasteiger charge is -2.36.